The van der Waals surface area contributed by atoms with Gasteiger partial charge in [0, 0.05) is 18.7 Å². The van der Waals surface area contributed by atoms with Crippen LogP contribution in [0.4, 0.5) is 4.39 Å². The molecule has 0 radical (unpaired) electrons. The number of benzene rings is 1. The van der Waals surface area contributed by atoms with Crippen molar-refractivity contribution in [1.29, 1.82) is 0 Å². The molecule has 1 aromatic rings. The molecule has 0 amide bonds. The second kappa shape index (κ2) is 5.59. The van der Waals surface area contributed by atoms with Crippen LogP contribution in [0.5, 0.6) is 0 Å². The molecule has 2 rings (SSSR count). The van der Waals surface area contributed by atoms with Crippen molar-refractivity contribution in [3.8, 4) is 0 Å². The molecule has 106 valence electrons. The first kappa shape index (κ1) is 14.5. The highest BCUT2D eigenvalue weighted by atomic mass is 32.2. The lowest BCUT2D eigenvalue weighted by molar-refractivity contribution is 0.373. The number of hydrogen-bond acceptors (Lipinski definition) is 2. The van der Waals surface area contributed by atoms with Crippen LogP contribution in [0.3, 0.4) is 0 Å². The van der Waals surface area contributed by atoms with Gasteiger partial charge in [-0.3, -0.25) is 0 Å². The van der Waals surface area contributed by atoms with Crippen molar-refractivity contribution in [2.75, 3.05) is 12.3 Å². The zero-order chi connectivity index (χ0) is 14.0. The topological polar surface area (TPSA) is 37.4 Å². The second-order valence-corrected chi connectivity index (χ2v) is 7.45. The van der Waals surface area contributed by atoms with E-state index in [4.69, 9.17) is 0 Å². The van der Waals surface area contributed by atoms with E-state index < -0.39 is 10.0 Å². The lowest BCUT2D eigenvalue weighted by Gasteiger charge is -2.26. The Morgan fingerprint density at radius 2 is 2.05 bits per heavy atom. The van der Waals surface area contributed by atoms with Crippen LogP contribution in [-0.2, 0) is 16.6 Å². The van der Waals surface area contributed by atoms with E-state index in [-0.39, 0.29) is 24.0 Å². The minimum Gasteiger partial charge on any atom is -0.212 e. The zero-order valence-electron chi connectivity index (χ0n) is 11.4. The quantitative estimate of drug-likeness (QED) is 0.856. The van der Waals surface area contributed by atoms with E-state index in [1.54, 1.807) is 6.07 Å². The number of nitrogens with zero attached hydrogens (tertiary/aromatic N) is 1. The summed E-state index contributed by atoms with van der Waals surface area (Å²) in [5.74, 6) is 0.132. The van der Waals surface area contributed by atoms with Crippen LogP contribution in [0.15, 0.2) is 18.2 Å². The molecular formula is C14H20FNO2S. The molecule has 0 atom stereocenters. The van der Waals surface area contributed by atoms with Crippen molar-refractivity contribution in [3.63, 3.8) is 0 Å². The molecule has 19 heavy (non-hydrogen) atoms. The normalized spacial score (nSPS) is 19.8. The largest absolute Gasteiger partial charge is 0.214 e. The predicted molar refractivity (Wildman–Crippen MR) is 73.9 cm³/mol. The van der Waals surface area contributed by atoms with Gasteiger partial charge in [0.1, 0.15) is 5.82 Å². The van der Waals surface area contributed by atoms with Crippen LogP contribution in [0.25, 0.3) is 0 Å². The molecule has 0 bridgehead atoms. The van der Waals surface area contributed by atoms with Crippen molar-refractivity contribution >= 4 is 10.0 Å². The first-order valence-electron chi connectivity index (χ1n) is 6.66. The summed E-state index contributed by atoms with van der Waals surface area (Å²) in [7, 11) is -3.20. The summed E-state index contributed by atoms with van der Waals surface area (Å²) in [4.78, 5) is 0. The molecule has 3 nitrogen and oxygen atoms in total. The first-order valence-corrected chi connectivity index (χ1v) is 8.27. The van der Waals surface area contributed by atoms with Crippen LogP contribution < -0.4 is 0 Å². The number of sulfonamides is 1. The Labute approximate surface area is 114 Å². The van der Waals surface area contributed by atoms with Gasteiger partial charge in [-0.15, -0.1) is 0 Å². The average molecular weight is 285 g/mol. The highest BCUT2D eigenvalue weighted by Gasteiger charge is 2.26. The van der Waals surface area contributed by atoms with E-state index in [9.17, 15) is 12.8 Å². The molecule has 1 aliphatic rings. The molecule has 0 aromatic heterocycles. The summed E-state index contributed by atoms with van der Waals surface area (Å²) in [6.45, 7) is 4.65. The van der Waals surface area contributed by atoms with Crippen LogP contribution in [0.2, 0.25) is 0 Å². The average Bonchev–Trinajstić information content (AvgIpc) is 2.33. The van der Waals surface area contributed by atoms with E-state index in [2.05, 4.69) is 0 Å². The molecule has 0 unspecified atom stereocenters. The first-order chi connectivity index (χ1) is 8.90. The van der Waals surface area contributed by atoms with Gasteiger partial charge in [0.05, 0.1) is 5.75 Å². The van der Waals surface area contributed by atoms with Gasteiger partial charge in [0.15, 0.2) is 0 Å². The van der Waals surface area contributed by atoms with E-state index in [1.807, 2.05) is 19.9 Å². The van der Waals surface area contributed by atoms with E-state index >= 15 is 0 Å². The van der Waals surface area contributed by atoms with E-state index in [0.29, 0.717) is 18.5 Å². The van der Waals surface area contributed by atoms with Gasteiger partial charge < -0.3 is 0 Å². The molecule has 0 aliphatic carbocycles. The van der Waals surface area contributed by atoms with Gasteiger partial charge in [0.25, 0.3) is 0 Å². The maximum Gasteiger partial charge on any atom is 0.214 e. The number of halogens is 1. The Bertz CT molecular complexity index is 555. The van der Waals surface area contributed by atoms with E-state index in [0.717, 1.165) is 12.0 Å². The summed E-state index contributed by atoms with van der Waals surface area (Å²) < 4.78 is 39.1. The third-order valence-electron chi connectivity index (χ3n) is 3.54. The molecule has 1 saturated heterocycles. The smallest absolute Gasteiger partial charge is 0.212 e. The molecule has 1 fully saturated rings. The second-order valence-electron chi connectivity index (χ2n) is 5.36. The third-order valence-corrected chi connectivity index (χ3v) is 5.45. The summed E-state index contributed by atoms with van der Waals surface area (Å²) in [6, 6.07) is 5.09. The fourth-order valence-electron chi connectivity index (χ4n) is 2.26. The van der Waals surface area contributed by atoms with Gasteiger partial charge in [-0.25, -0.2) is 12.8 Å². The van der Waals surface area contributed by atoms with Crippen LogP contribution in [-0.4, -0.2) is 25.0 Å². The molecule has 1 aliphatic heterocycles. The fourth-order valence-corrected chi connectivity index (χ4v) is 3.83. The van der Waals surface area contributed by atoms with Crippen molar-refractivity contribution < 1.29 is 12.8 Å². The standard InChI is InChI=1S/C14H20FNO2S/c1-11(2)12-5-6-13(14(15)9-12)10-16-7-3-4-8-19(16,17)18/h5-6,9,11H,3-4,7-8,10H2,1-2H3. The maximum atomic E-state index is 14.0. The molecule has 0 spiro atoms. The van der Waals surface area contributed by atoms with Gasteiger partial charge in [-0.1, -0.05) is 26.0 Å². The van der Waals surface area contributed by atoms with Gasteiger partial charge >= 0.3 is 0 Å². The molecule has 1 aromatic carbocycles. The van der Waals surface area contributed by atoms with Gasteiger partial charge in [-0.2, -0.15) is 4.31 Å². The minimum absolute atomic E-state index is 0.145. The molecule has 0 N–H and O–H groups in total. The summed E-state index contributed by atoms with van der Waals surface area (Å²) >= 11 is 0. The molecular weight excluding hydrogens is 265 g/mol. The summed E-state index contributed by atoms with van der Waals surface area (Å²) in [5.41, 5.74) is 1.39. The van der Waals surface area contributed by atoms with Gasteiger partial charge in [-0.05, 0) is 30.4 Å². The zero-order valence-corrected chi connectivity index (χ0v) is 12.2. The Morgan fingerprint density at radius 1 is 1.32 bits per heavy atom. The van der Waals surface area contributed by atoms with Crippen molar-refractivity contribution in [1.82, 2.24) is 4.31 Å². The monoisotopic (exact) mass is 285 g/mol. The Balaban J connectivity index is 2.19. The highest BCUT2D eigenvalue weighted by Crippen LogP contribution is 2.22. The van der Waals surface area contributed by atoms with Crippen molar-refractivity contribution in [2.24, 2.45) is 0 Å². The van der Waals surface area contributed by atoms with Crippen LogP contribution in [0.1, 0.15) is 43.7 Å². The highest BCUT2D eigenvalue weighted by molar-refractivity contribution is 7.89. The van der Waals surface area contributed by atoms with Crippen molar-refractivity contribution in [3.05, 3.63) is 35.1 Å². The van der Waals surface area contributed by atoms with Crippen molar-refractivity contribution in [2.45, 2.75) is 39.2 Å². The number of rotatable bonds is 3. The van der Waals surface area contributed by atoms with Gasteiger partial charge in [0.2, 0.25) is 10.0 Å². The predicted octanol–water partition coefficient (Wildman–Crippen LogP) is 2.87. The minimum atomic E-state index is -3.20. The molecule has 5 heteroatoms. The Hall–Kier alpha value is -0.940. The Morgan fingerprint density at radius 3 is 2.63 bits per heavy atom. The third kappa shape index (κ3) is 3.34. The fraction of sp³-hybridized carbons (Fsp3) is 0.571. The summed E-state index contributed by atoms with van der Waals surface area (Å²) in [6.07, 6.45) is 1.55. The maximum absolute atomic E-state index is 14.0. The van der Waals surface area contributed by atoms with E-state index in [1.165, 1.54) is 10.4 Å². The van der Waals surface area contributed by atoms with Crippen LogP contribution in [0, 0.1) is 5.82 Å². The molecule has 0 saturated carbocycles. The summed E-state index contributed by atoms with van der Waals surface area (Å²) in [5, 5.41) is 0. The SMILES string of the molecule is CC(C)c1ccc(CN2CCCCS2(=O)=O)c(F)c1. The lowest BCUT2D eigenvalue weighted by atomic mass is 10.0. The van der Waals surface area contributed by atoms with Crippen LogP contribution >= 0.6 is 0 Å². The molecule has 1 heterocycles. The lowest BCUT2D eigenvalue weighted by Crippen LogP contribution is -2.37. The Kier molecular flexibility index (Phi) is 4.26. The number of hydrogen-bond donors (Lipinski definition) is 0.